The molecule has 3 rings (SSSR count). The van der Waals surface area contributed by atoms with Gasteiger partial charge < -0.3 is 10.2 Å². The summed E-state index contributed by atoms with van der Waals surface area (Å²) in [4.78, 5) is 26.6. The minimum Gasteiger partial charge on any atom is -0.335 e. The Bertz CT molecular complexity index is 725. The fourth-order valence-corrected chi connectivity index (χ4v) is 3.07. The molecule has 0 aromatic heterocycles. The van der Waals surface area contributed by atoms with E-state index in [9.17, 15) is 9.59 Å². The number of aryl methyl sites for hydroxylation is 1. The topological polar surface area (TPSA) is 49.4 Å². The highest BCUT2D eigenvalue weighted by atomic mass is 16.2. The van der Waals surface area contributed by atoms with Crippen LogP contribution in [0.25, 0.3) is 0 Å². The van der Waals surface area contributed by atoms with Crippen LogP contribution in [0.1, 0.15) is 30.5 Å². The van der Waals surface area contributed by atoms with Crippen molar-refractivity contribution in [1.82, 2.24) is 4.90 Å². The first-order valence-electron chi connectivity index (χ1n) is 8.26. The predicted octanol–water partition coefficient (Wildman–Crippen LogP) is 3.54. The molecule has 2 atom stereocenters. The van der Waals surface area contributed by atoms with Gasteiger partial charge in [0.2, 0.25) is 11.8 Å². The fraction of sp³-hybridized carbons (Fsp3) is 0.300. The number of rotatable bonds is 4. The molecule has 4 heteroatoms. The number of nitrogens with zero attached hydrogens (tertiary/aromatic N) is 1. The molecule has 0 saturated carbocycles. The first kappa shape index (κ1) is 16.2. The first-order valence-corrected chi connectivity index (χ1v) is 8.26. The van der Waals surface area contributed by atoms with E-state index in [0.29, 0.717) is 6.54 Å². The number of amides is 2. The van der Waals surface area contributed by atoms with Crippen LogP contribution in [0.15, 0.2) is 54.6 Å². The molecule has 0 aliphatic carbocycles. The second-order valence-corrected chi connectivity index (χ2v) is 6.39. The van der Waals surface area contributed by atoms with Gasteiger partial charge in [-0.05, 0) is 31.5 Å². The molecular weight excluding hydrogens is 300 g/mol. The van der Waals surface area contributed by atoms with Gasteiger partial charge in [-0.25, -0.2) is 0 Å². The number of anilines is 1. The van der Waals surface area contributed by atoms with E-state index >= 15 is 0 Å². The molecule has 0 radical (unpaired) electrons. The summed E-state index contributed by atoms with van der Waals surface area (Å²) in [5.74, 6) is -0.352. The number of nitrogens with one attached hydrogen (secondary N) is 1. The van der Waals surface area contributed by atoms with Crippen LogP contribution in [0.2, 0.25) is 0 Å². The summed E-state index contributed by atoms with van der Waals surface area (Å²) in [6.07, 6.45) is 0.273. The van der Waals surface area contributed by atoms with Crippen LogP contribution in [0.3, 0.4) is 0 Å². The molecule has 0 bridgehead atoms. The van der Waals surface area contributed by atoms with Crippen LogP contribution in [-0.4, -0.2) is 23.3 Å². The summed E-state index contributed by atoms with van der Waals surface area (Å²) in [5, 5.41) is 2.91. The van der Waals surface area contributed by atoms with E-state index in [-0.39, 0.29) is 30.2 Å². The van der Waals surface area contributed by atoms with Crippen molar-refractivity contribution in [2.24, 2.45) is 5.92 Å². The number of likely N-dealkylation sites (tertiary alicyclic amines) is 1. The second-order valence-electron chi connectivity index (χ2n) is 6.39. The number of carbonyl (C=O) groups is 2. The van der Waals surface area contributed by atoms with Crippen molar-refractivity contribution in [2.75, 3.05) is 11.9 Å². The zero-order chi connectivity index (χ0) is 17.1. The summed E-state index contributed by atoms with van der Waals surface area (Å²) >= 11 is 0. The summed E-state index contributed by atoms with van der Waals surface area (Å²) < 4.78 is 0. The molecule has 1 fully saturated rings. The highest BCUT2D eigenvalue weighted by Gasteiger charge is 2.36. The van der Waals surface area contributed by atoms with Crippen LogP contribution in [-0.2, 0) is 9.59 Å². The summed E-state index contributed by atoms with van der Waals surface area (Å²) in [7, 11) is 0. The molecule has 124 valence electrons. The molecule has 1 saturated heterocycles. The molecule has 2 aromatic rings. The van der Waals surface area contributed by atoms with E-state index in [1.165, 1.54) is 0 Å². The number of hydrogen-bond acceptors (Lipinski definition) is 2. The maximum absolute atomic E-state index is 12.5. The van der Waals surface area contributed by atoms with Crippen molar-refractivity contribution < 1.29 is 9.59 Å². The maximum Gasteiger partial charge on any atom is 0.229 e. The van der Waals surface area contributed by atoms with Crippen molar-refractivity contribution in [2.45, 2.75) is 26.3 Å². The summed E-state index contributed by atoms with van der Waals surface area (Å²) in [6.45, 7) is 4.48. The van der Waals surface area contributed by atoms with E-state index in [2.05, 4.69) is 5.32 Å². The molecule has 4 nitrogen and oxygen atoms in total. The van der Waals surface area contributed by atoms with Gasteiger partial charge in [-0.15, -0.1) is 0 Å². The van der Waals surface area contributed by atoms with Crippen LogP contribution < -0.4 is 5.32 Å². The molecule has 1 N–H and O–H groups in total. The lowest BCUT2D eigenvalue weighted by Crippen LogP contribution is -2.30. The predicted molar refractivity (Wildman–Crippen MR) is 94.5 cm³/mol. The Hall–Kier alpha value is -2.62. The molecule has 1 aliphatic rings. The van der Waals surface area contributed by atoms with E-state index in [1.54, 1.807) is 4.90 Å². The molecule has 0 spiro atoms. The third kappa shape index (κ3) is 3.48. The van der Waals surface area contributed by atoms with Crippen LogP contribution in [0, 0.1) is 12.8 Å². The van der Waals surface area contributed by atoms with Crippen molar-refractivity contribution in [1.29, 1.82) is 0 Å². The Balaban J connectivity index is 1.65. The molecule has 1 heterocycles. The van der Waals surface area contributed by atoms with Gasteiger partial charge in [0.05, 0.1) is 12.0 Å². The van der Waals surface area contributed by atoms with E-state index < -0.39 is 0 Å². The lowest BCUT2D eigenvalue weighted by molar-refractivity contribution is -0.129. The summed E-state index contributed by atoms with van der Waals surface area (Å²) in [6, 6.07) is 17.6. The Morgan fingerprint density at radius 1 is 1.12 bits per heavy atom. The first-order chi connectivity index (χ1) is 11.5. The van der Waals surface area contributed by atoms with Gasteiger partial charge in [-0.1, -0.05) is 48.0 Å². The molecule has 0 unspecified atom stereocenters. The molecule has 2 aromatic carbocycles. The maximum atomic E-state index is 12.5. The van der Waals surface area contributed by atoms with Crippen molar-refractivity contribution in [3.63, 3.8) is 0 Å². The summed E-state index contributed by atoms with van der Waals surface area (Å²) in [5.41, 5.74) is 3.00. The Kier molecular flexibility index (Phi) is 4.65. The van der Waals surface area contributed by atoms with Gasteiger partial charge in [-0.2, -0.15) is 0 Å². The lowest BCUT2D eigenvalue weighted by atomic mass is 10.1. The van der Waals surface area contributed by atoms with Gasteiger partial charge in [-0.3, -0.25) is 9.59 Å². The average molecular weight is 322 g/mol. The van der Waals surface area contributed by atoms with Crippen LogP contribution >= 0.6 is 0 Å². The average Bonchev–Trinajstić information content (AvgIpc) is 2.99. The third-order valence-electron chi connectivity index (χ3n) is 4.60. The second kappa shape index (κ2) is 6.87. The number of carbonyl (C=O) groups excluding carboxylic acids is 2. The minimum atomic E-state index is -0.301. The van der Waals surface area contributed by atoms with Crippen LogP contribution in [0.4, 0.5) is 5.69 Å². The molecule has 2 amide bonds. The zero-order valence-electron chi connectivity index (χ0n) is 14.0. The van der Waals surface area contributed by atoms with E-state index in [0.717, 1.165) is 16.8 Å². The largest absolute Gasteiger partial charge is 0.335 e. The molecule has 24 heavy (non-hydrogen) atoms. The Labute approximate surface area is 142 Å². The van der Waals surface area contributed by atoms with Gasteiger partial charge in [0, 0.05) is 18.7 Å². The third-order valence-corrected chi connectivity index (χ3v) is 4.60. The monoisotopic (exact) mass is 322 g/mol. The lowest BCUT2D eigenvalue weighted by Gasteiger charge is -2.25. The Morgan fingerprint density at radius 2 is 1.79 bits per heavy atom. The molecular formula is C20H22N2O2. The Morgan fingerprint density at radius 3 is 2.46 bits per heavy atom. The van der Waals surface area contributed by atoms with Crippen LogP contribution in [0.5, 0.6) is 0 Å². The van der Waals surface area contributed by atoms with Gasteiger partial charge in [0.1, 0.15) is 0 Å². The highest BCUT2D eigenvalue weighted by Crippen LogP contribution is 2.29. The van der Waals surface area contributed by atoms with Crippen molar-refractivity contribution in [3.05, 3.63) is 65.7 Å². The minimum absolute atomic E-state index is 0.0177. The van der Waals surface area contributed by atoms with Gasteiger partial charge >= 0.3 is 0 Å². The van der Waals surface area contributed by atoms with E-state index in [4.69, 9.17) is 0 Å². The normalized spacial score (nSPS) is 18.5. The van der Waals surface area contributed by atoms with Crippen molar-refractivity contribution >= 4 is 17.5 Å². The van der Waals surface area contributed by atoms with E-state index in [1.807, 2.05) is 68.4 Å². The smallest absolute Gasteiger partial charge is 0.229 e. The number of hydrogen-bond donors (Lipinski definition) is 1. The quantitative estimate of drug-likeness (QED) is 0.936. The zero-order valence-corrected chi connectivity index (χ0v) is 14.0. The standard InChI is InChI=1S/C20H22N2O2/c1-14-8-10-18(11-9-14)21-20(24)17-12-19(23)22(13-17)15(2)16-6-4-3-5-7-16/h3-11,15,17H,12-13H2,1-2H3,(H,21,24)/t15-,17-/m0/s1. The number of benzene rings is 2. The highest BCUT2D eigenvalue weighted by molar-refractivity contribution is 5.97. The molecule has 1 aliphatic heterocycles. The van der Waals surface area contributed by atoms with Gasteiger partial charge in [0.25, 0.3) is 0 Å². The fourth-order valence-electron chi connectivity index (χ4n) is 3.07. The van der Waals surface area contributed by atoms with Crippen molar-refractivity contribution in [3.8, 4) is 0 Å². The SMILES string of the molecule is Cc1ccc(NC(=O)[C@H]2CC(=O)N([C@@H](C)c3ccccc3)C2)cc1. The van der Waals surface area contributed by atoms with Gasteiger partial charge in [0.15, 0.2) is 0 Å².